The van der Waals surface area contributed by atoms with Crippen LogP contribution in [0, 0.1) is 17.8 Å². The number of rotatable bonds is 9. The quantitative estimate of drug-likeness (QED) is 0.280. The van der Waals surface area contributed by atoms with Crippen LogP contribution in [0.2, 0.25) is 0 Å². The number of unbranched alkanes of at least 4 members (excludes halogenated alkanes) is 3. The predicted molar refractivity (Wildman–Crippen MR) is 84.8 cm³/mol. The Labute approximate surface area is 129 Å². The third-order valence-corrected chi connectivity index (χ3v) is 3.83. The lowest BCUT2D eigenvalue weighted by atomic mass is 9.88. The van der Waals surface area contributed by atoms with E-state index in [1.165, 1.54) is 18.9 Å². The van der Waals surface area contributed by atoms with Crippen LogP contribution >= 0.6 is 0 Å². The molecule has 0 radical (unpaired) electrons. The highest BCUT2D eigenvalue weighted by Gasteiger charge is 2.19. The summed E-state index contributed by atoms with van der Waals surface area (Å²) < 4.78 is 10.8. The molecule has 1 rings (SSSR count). The molecule has 1 aliphatic rings. The van der Waals surface area contributed by atoms with Crippen molar-refractivity contribution in [1.82, 2.24) is 0 Å². The van der Waals surface area contributed by atoms with Crippen molar-refractivity contribution < 1.29 is 14.3 Å². The molecule has 1 fully saturated rings. The fourth-order valence-corrected chi connectivity index (χ4v) is 2.62. The van der Waals surface area contributed by atoms with Crippen molar-refractivity contribution in [2.45, 2.75) is 64.4 Å². The number of hydrogen-bond acceptors (Lipinski definition) is 3. The van der Waals surface area contributed by atoms with Gasteiger partial charge in [-0.1, -0.05) is 13.0 Å². The maximum absolute atomic E-state index is 10.8. The molecule has 1 aliphatic carbocycles. The first kappa shape index (κ1) is 17.8. The van der Waals surface area contributed by atoms with E-state index in [0.29, 0.717) is 18.6 Å². The molecular formula is C18H28O3. The maximum Gasteiger partial charge on any atom is 0.330 e. The van der Waals surface area contributed by atoms with E-state index in [9.17, 15) is 4.79 Å². The summed E-state index contributed by atoms with van der Waals surface area (Å²) in [4.78, 5) is 10.8. The number of hydrogen-bond donors (Lipinski definition) is 0. The van der Waals surface area contributed by atoms with Gasteiger partial charge in [0.2, 0.25) is 0 Å². The molecular weight excluding hydrogens is 264 g/mol. The van der Waals surface area contributed by atoms with Gasteiger partial charge in [-0.05, 0) is 51.9 Å². The van der Waals surface area contributed by atoms with Gasteiger partial charge in [-0.2, -0.15) is 0 Å². The van der Waals surface area contributed by atoms with Gasteiger partial charge >= 0.3 is 5.97 Å². The van der Waals surface area contributed by atoms with Gasteiger partial charge in [-0.3, -0.25) is 0 Å². The molecule has 0 heterocycles. The van der Waals surface area contributed by atoms with E-state index in [1.54, 1.807) is 0 Å². The first-order valence-electron chi connectivity index (χ1n) is 8.09. The van der Waals surface area contributed by atoms with Gasteiger partial charge < -0.3 is 9.47 Å². The Morgan fingerprint density at radius 3 is 2.43 bits per heavy atom. The lowest BCUT2D eigenvalue weighted by Gasteiger charge is -2.25. The molecule has 0 bridgehead atoms. The van der Waals surface area contributed by atoms with Crippen LogP contribution in [-0.2, 0) is 14.3 Å². The first-order chi connectivity index (χ1) is 10.3. The highest BCUT2D eigenvalue weighted by Crippen LogP contribution is 2.25. The van der Waals surface area contributed by atoms with E-state index >= 15 is 0 Å². The van der Waals surface area contributed by atoms with Crippen LogP contribution in [0.25, 0.3) is 0 Å². The third-order valence-electron chi connectivity index (χ3n) is 3.83. The number of ether oxygens (including phenoxy) is 2. The van der Waals surface area contributed by atoms with Crippen LogP contribution in [0.15, 0.2) is 12.7 Å². The molecule has 3 heteroatoms. The molecule has 0 unspecified atom stereocenters. The van der Waals surface area contributed by atoms with Crippen LogP contribution in [0.1, 0.15) is 58.3 Å². The van der Waals surface area contributed by atoms with E-state index in [0.717, 1.165) is 45.1 Å². The van der Waals surface area contributed by atoms with E-state index < -0.39 is 0 Å². The average Bonchev–Trinajstić information content (AvgIpc) is 2.51. The summed E-state index contributed by atoms with van der Waals surface area (Å²) in [5, 5.41) is 0. The molecule has 0 spiro atoms. The maximum atomic E-state index is 10.8. The minimum absolute atomic E-state index is 0.332. The van der Waals surface area contributed by atoms with Gasteiger partial charge in [0.15, 0.2) is 0 Å². The van der Waals surface area contributed by atoms with Crippen molar-refractivity contribution in [3.8, 4) is 11.8 Å². The second-order valence-electron chi connectivity index (χ2n) is 5.52. The molecule has 3 nitrogen and oxygen atoms in total. The van der Waals surface area contributed by atoms with Crippen LogP contribution < -0.4 is 0 Å². The van der Waals surface area contributed by atoms with Gasteiger partial charge in [0.1, 0.15) is 0 Å². The summed E-state index contributed by atoms with van der Waals surface area (Å²) in [7, 11) is 0. The normalized spacial score (nSPS) is 21.2. The molecule has 0 amide bonds. The number of carbonyl (C=O) groups excluding carboxylic acids is 1. The fourth-order valence-electron chi connectivity index (χ4n) is 2.62. The second-order valence-corrected chi connectivity index (χ2v) is 5.52. The second kappa shape index (κ2) is 11.4. The van der Waals surface area contributed by atoms with Gasteiger partial charge in [0.25, 0.3) is 0 Å². The van der Waals surface area contributed by atoms with Crippen LogP contribution in [-0.4, -0.2) is 25.3 Å². The van der Waals surface area contributed by atoms with Crippen molar-refractivity contribution in [2.75, 3.05) is 13.2 Å². The summed E-state index contributed by atoms with van der Waals surface area (Å²) in [6.07, 6.45) is 10.5. The zero-order valence-corrected chi connectivity index (χ0v) is 13.2. The zero-order chi connectivity index (χ0) is 15.3. The monoisotopic (exact) mass is 292 g/mol. The van der Waals surface area contributed by atoms with Crippen molar-refractivity contribution in [3.05, 3.63) is 12.7 Å². The van der Waals surface area contributed by atoms with Gasteiger partial charge in [0.05, 0.1) is 12.7 Å². The Kier molecular flexibility index (Phi) is 9.65. The number of carbonyl (C=O) groups is 1. The SMILES string of the molecule is C=CC(=O)OCCCCCCOC1CCC(C#CC)CC1. The summed E-state index contributed by atoms with van der Waals surface area (Å²) >= 11 is 0. The van der Waals surface area contributed by atoms with Crippen LogP contribution in [0.4, 0.5) is 0 Å². The molecule has 0 aromatic heterocycles. The standard InChI is InChI=1S/C18H28O3/c1-3-9-16-10-12-17(13-11-16)20-14-7-5-6-8-15-21-18(19)4-2/h4,16-17H,2,5-8,10-15H2,1H3. The van der Waals surface area contributed by atoms with Crippen molar-refractivity contribution in [1.29, 1.82) is 0 Å². The van der Waals surface area contributed by atoms with E-state index in [-0.39, 0.29) is 5.97 Å². The van der Waals surface area contributed by atoms with Crippen LogP contribution in [0.5, 0.6) is 0 Å². The van der Waals surface area contributed by atoms with E-state index in [4.69, 9.17) is 9.47 Å². The highest BCUT2D eigenvalue weighted by molar-refractivity contribution is 5.81. The van der Waals surface area contributed by atoms with Crippen molar-refractivity contribution in [3.63, 3.8) is 0 Å². The fraction of sp³-hybridized carbons (Fsp3) is 0.722. The topological polar surface area (TPSA) is 35.5 Å². The summed E-state index contributed by atoms with van der Waals surface area (Å²) in [6, 6.07) is 0. The Morgan fingerprint density at radius 2 is 1.81 bits per heavy atom. The van der Waals surface area contributed by atoms with Gasteiger partial charge in [0, 0.05) is 18.6 Å². The molecule has 118 valence electrons. The Balaban J connectivity index is 1.89. The largest absolute Gasteiger partial charge is 0.463 e. The molecule has 0 saturated heterocycles. The minimum Gasteiger partial charge on any atom is -0.463 e. The highest BCUT2D eigenvalue weighted by atomic mass is 16.5. The smallest absolute Gasteiger partial charge is 0.330 e. The molecule has 0 atom stereocenters. The summed E-state index contributed by atoms with van der Waals surface area (Å²) in [6.45, 7) is 6.62. The number of esters is 1. The lowest BCUT2D eigenvalue weighted by Crippen LogP contribution is -2.21. The van der Waals surface area contributed by atoms with E-state index in [2.05, 4.69) is 18.4 Å². The van der Waals surface area contributed by atoms with Crippen LogP contribution in [0.3, 0.4) is 0 Å². The molecule has 0 aromatic carbocycles. The van der Waals surface area contributed by atoms with Gasteiger partial charge in [-0.15, -0.1) is 11.8 Å². The van der Waals surface area contributed by atoms with Crippen molar-refractivity contribution >= 4 is 5.97 Å². The zero-order valence-electron chi connectivity index (χ0n) is 13.2. The average molecular weight is 292 g/mol. The summed E-state index contributed by atoms with van der Waals surface area (Å²) in [5.41, 5.74) is 0. The Morgan fingerprint density at radius 1 is 1.14 bits per heavy atom. The molecule has 0 aromatic rings. The molecule has 21 heavy (non-hydrogen) atoms. The minimum atomic E-state index is -0.332. The molecule has 1 saturated carbocycles. The molecule has 0 N–H and O–H groups in total. The van der Waals surface area contributed by atoms with Gasteiger partial charge in [-0.25, -0.2) is 4.79 Å². The lowest BCUT2D eigenvalue weighted by molar-refractivity contribution is -0.137. The van der Waals surface area contributed by atoms with E-state index in [1.807, 2.05) is 6.92 Å². The summed E-state index contributed by atoms with van der Waals surface area (Å²) in [5.74, 6) is 6.54. The molecule has 0 aliphatic heterocycles. The van der Waals surface area contributed by atoms with Crippen molar-refractivity contribution in [2.24, 2.45) is 5.92 Å². The first-order valence-corrected chi connectivity index (χ1v) is 8.09. The Hall–Kier alpha value is -1.27. The third kappa shape index (κ3) is 8.57. The Bertz CT molecular complexity index is 356. The predicted octanol–water partition coefficient (Wildman–Crippen LogP) is 3.87.